The molecular formula is C9H11ClFP. The Kier molecular flexibility index (Phi) is 3.49. The predicted octanol–water partition coefficient (Wildman–Crippen LogP) is 3.21. The molecule has 0 radical (unpaired) electrons. The molecule has 0 saturated heterocycles. The van der Waals surface area contributed by atoms with E-state index in [1.165, 1.54) is 0 Å². The molecule has 0 aliphatic carbocycles. The van der Waals surface area contributed by atoms with Gasteiger partial charge < -0.3 is 0 Å². The zero-order valence-electron chi connectivity index (χ0n) is 6.90. The van der Waals surface area contributed by atoms with Crippen LogP contribution in [-0.2, 0) is 6.42 Å². The van der Waals surface area contributed by atoms with Crippen LogP contribution >= 0.6 is 20.8 Å². The zero-order chi connectivity index (χ0) is 9.14. The molecule has 0 amide bonds. The van der Waals surface area contributed by atoms with Gasteiger partial charge in [-0.2, -0.15) is 0 Å². The second kappa shape index (κ2) is 4.20. The fourth-order valence-electron chi connectivity index (χ4n) is 1.11. The Bertz CT molecular complexity index is 263. The summed E-state index contributed by atoms with van der Waals surface area (Å²) in [6, 6.07) is 3.53. The van der Waals surface area contributed by atoms with Crippen LogP contribution in [0.5, 0.6) is 0 Å². The highest BCUT2D eigenvalue weighted by Gasteiger charge is 2.04. The summed E-state index contributed by atoms with van der Waals surface area (Å²) < 4.78 is 13.0. The second-order valence-corrected chi connectivity index (χ2v) is 3.73. The topological polar surface area (TPSA) is 0 Å². The van der Waals surface area contributed by atoms with Crippen molar-refractivity contribution in [3.05, 3.63) is 34.1 Å². The van der Waals surface area contributed by atoms with E-state index in [1.54, 1.807) is 13.0 Å². The van der Waals surface area contributed by atoms with Crippen molar-refractivity contribution < 1.29 is 4.39 Å². The molecule has 3 heteroatoms. The summed E-state index contributed by atoms with van der Waals surface area (Å²) in [6.07, 6.45) is 1.90. The Balaban J connectivity index is 3.04. The first-order valence-corrected chi connectivity index (χ1v) is 4.99. The number of benzene rings is 1. The van der Waals surface area contributed by atoms with Gasteiger partial charge >= 0.3 is 0 Å². The first-order valence-electron chi connectivity index (χ1n) is 3.79. The van der Waals surface area contributed by atoms with Gasteiger partial charge in [-0.05, 0) is 36.7 Å². The van der Waals surface area contributed by atoms with E-state index in [2.05, 4.69) is 9.24 Å². The zero-order valence-corrected chi connectivity index (χ0v) is 8.81. The lowest BCUT2D eigenvalue weighted by Crippen LogP contribution is -1.91. The number of aryl methyl sites for hydroxylation is 2. The number of hydrogen-bond acceptors (Lipinski definition) is 0. The van der Waals surface area contributed by atoms with Crippen LogP contribution in [0.25, 0.3) is 0 Å². The normalized spacial score (nSPS) is 10.3. The standard InChI is InChI=1S/C9H11ClFP/c1-6-4-7(2-3-12)5-8(10)9(6)11/h4-5H,2-3,12H2,1H3. The molecule has 1 unspecified atom stereocenters. The lowest BCUT2D eigenvalue weighted by atomic mass is 10.1. The maximum atomic E-state index is 13.0. The second-order valence-electron chi connectivity index (χ2n) is 2.75. The molecule has 1 aromatic rings. The van der Waals surface area contributed by atoms with Crippen molar-refractivity contribution in [2.24, 2.45) is 0 Å². The summed E-state index contributed by atoms with van der Waals surface area (Å²) in [6.45, 7) is 1.73. The third-order valence-corrected chi connectivity index (χ3v) is 2.27. The van der Waals surface area contributed by atoms with E-state index in [9.17, 15) is 4.39 Å². The highest BCUT2D eigenvalue weighted by Crippen LogP contribution is 2.20. The average Bonchev–Trinajstić information content (AvgIpc) is 2.01. The summed E-state index contributed by atoms with van der Waals surface area (Å²) in [7, 11) is 2.64. The van der Waals surface area contributed by atoms with E-state index in [1.807, 2.05) is 6.07 Å². The van der Waals surface area contributed by atoms with E-state index < -0.39 is 0 Å². The van der Waals surface area contributed by atoms with E-state index >= 15 is 0 Å². The van der Waals surface area contributed by atoms with E-state index in [0.29, 0.717) is 5.56 Å². The van der Waals surface area contributed by atoms with E-state index in [0.717, 1.165) is 18.1 Å². The molecule has 1 aromatic carbocycles. The van der Waals surface area contributed by atoms with Gasteiger partial charge in [0, 0.05) is 0 Å². The first-order chi connectivity index (χ1) is 5.65. The molecule has 0 N–H and O–H groups in total. The molecule has 1 atom stereocenters. The average molecular weight is 205 g/mol. The lowest BCUT2D eigenvalue weighted by molar-refractivity contribution is 0.618. The van der Waals surface area contributed by atoms with Gasteiger partial charge in [-0.3, -0.25) is 0 Å². The highest BCUT2D eigenvalue weighted by molar-refractivity contribution is 7.16. The van der Waals surface area contributed by atoms with Crippen LogP contribution in [0.4, 0.5) is 4.39 Å². The molecule has 0 heterocycles. The minimum absolute atomic E-state index is 0.225. The van der Waals surface area contributed by atoms with Crippen LogP contribution in [0, 0.1) is 12.7 Å². The Morgan fingerprint density at radius 2 is 2.17 bits per heavy atom. The molecule has 0 spiro atoms. The van der Waals surface area contributed by atoms with Crippen LogP contribution in [-0.4, -0.2) is 6.16 Å². The number of rotatable bonds is 2. The lowest BCUT2D eigenvalue weighted by Gasteiger charge is -2.03. The van der Waals surface area contributed by atoms with Crippen LogP contribution in [0.2, 0.25) is 5.02 Å². The molecule has 0 aliphatic heterocycles. The molecular weight excluding hydrogens is 194 g/mol. The van der Waals surface area contributed by atoms with E-state index in [4.69, 9.17) is 11.6 Å². The van der Waals surface area contributed by atoms with Crippen molar-refractivity contribution in [3.8, 4) is 0 Å². The largest absolute Gasteiger partial charge is 0.205 e. The maximum absolute atomic E-state index is 13.0. The predicted molar refractivity (Wildman–Crippen MR) is 54.4 cm³/mol. The summed E-state index contributed by atoms with van der Waals surface area (Å²) in [5.41, 5.74) is 1.71. The summed E-state index contributed by atoms with van der Waals surface area (Å²) in [4.78, 5) is 0. The molecule has 1 rings (SSSR count). The van der Waals surface area contributed by atoms with Gasteiger partial charge in [0.2, 0.25) is 0 Å². The Labute approximate surface area is 79.3 Å². The van der Waals surface area contributed by atoms with Gasteiger partial charge in [-0.25, -0.2) is 4.39 Å². The molecule has 0 aliphatic rings. The maximum Gasteiger partial charge on any atom is 0.144 e. The van der Waals surface area contributed by atoms with Crippen LogP contribution < -0.4 is 0 Å². The summed E-state index contributed by atoms with van der Waals surface area (Å²) in [5.74, 6) is -0.302. The summed E-state index contributed by atoms with van der Waals surface area (Å²) >= 11 is 5.67. The van der Waals surface area contributed by atoms with Gasteiger partial charge in [0.05, 0.1) is 5.02 Å². The van der Waals surface area contributed by atoms with Crippen molar-refractivity contribution in [2.45, 2.75) is 13.3 Å². The van der Waals surface area contributed by atoms with E-state index in [-0.39, 0.29) is 10.8 Å². The van der Waals surface area contributed by atoms with Gasteiger partial charge in [0.1, 0.15) is 5.82 Å². The smallest absolute Gasteiger partial charge is 0.144 e. The van der Waals surface area contributed by atoms with Gasteiger partial charge in [-0.1, -0.05) is 17.7 Å². The van der Waals surface area contributed by atoms with Gasteiger partial charge in [0.15, 0.2) is 0 Å². The fraction of sp³-hybridized carbons (Fsp3) is 0.333. The third-order valence-electron chi connectivity index (χ3n) is 1.70. The molecule has 0 saturated carbocycles. The van der Waals surface area contributed by atoms with Gasteiger partial charge in [-0.15, -0.1) is 9.24 Å². The Hall–Kier alpha value is -0.130. The monoisotopic (exact) mass is 204 g/mol. The SMILES string of the molecule is Cc1cc(CCP)cc(Cl)c1F. The fourth-order valence-corrected chi connectivity index (χ4v) is 1.73. The molecule has 0 fully saturated rings. The van der Waals surface area contributed by atoms with Crippen molar-refractivity contribution >= 4 is 20.8 Å². The minimum atomic E-state index is -0.302. The Morgan fingerprint density at radius 1 is 1.50 bits per heavy atom. The summed E-state index contributed by atoms with van der Waals surface area (Å²) in [5, 5.41) is 0.225. The van der Waals surface area contributed by atoms with Crippen LogP contribution in [0.1, 0.15) is 11.1 Å². The molecule has 66 valence electrons. The first kappa shape index (κ1) is 9.95. The van der Waals surface area contributed by atoms with Crippen molar-refractivity contribution in [1.29, 1.82) is 0 Å². The van der Waals surface area contributed by atoms with Crippen molar-refractivity contribution in [1.82, 2.24) is 0 Å². The molecule has 12 heavy (non-hydrogen) atoms. The van der Waals surface area contributed by atoms with Crippen LogP contribution in [0.3, 0.4) is 0 Å². The van der Waals surface area contributed by atoms with Crippen LogP contribution in [0.15, 0.2) is 12.1 Å². The number of halogens is 2. The highest BCUT2D eigenvalue weighted by atomic mass is 35.5. The molecule has 0 bridgehead atoms. The number of hydrogen-bond donors (Lipinski definition) is 0. The molecule has 0 nitrogen and oxygen atoms in total. The Morgan fingerprint density at radius 3 is 2.67 bits per heavy atom. The van der Waals surface area contributed by atoms with Crippen molar-refractivity contribution in [3.63, 3.8) is 0 Å². The van der Waals surface area contributed by atoms with Gasteiger partial charge in [0.25, 0.3) is 0 Å². The quantitative estimate of drug-likeness (QED) is 0.649. The third kappa shape index (κ3) is 2.18. The minimum Gasteiger partial charge on any atom is -0.205 e. The molecule has 0 aromatic heterocycles. The van der Waals surface area contributed by atoms with Crippen molar-refractivity contribution in [2.75, 3.05) is 6.16 Å².